The Balaban J connectivity index is 2.23. The van der Waals surface area contributed by atoms with E-state index in [9.17, 15) is 8.42 Å². The van der Waals surface area contributed by atoms with Crippen LogP contribution in [0.1, 0.15) is 12.0 Å². The molecular weight excluding hydrogens is 286 g/mol. The first kappa shape index (κ1) is 14.2. The normalized spacial score (nSPS) is 20.0. The van der Waals surface area contributed by atoms with Crippen molar-refractivity contribution in [1.82, 2.24) is 9.29 Å². The summed E-state index contributed by atoms with van der Waals surface area (Å²) in [7, 11) is -3.55. The molecule has 1 aromatic carbocycles. The number of nitrogens with two attached hydrogens (primary N) is 1. The lowest BCUT2D eigenvalue weighted by molar-refractivity contribution is 0.473. The predicted octanol–water partition coefficient (Wildman–Crippen LogP) is 1.60. The maximum absolute atomic E-state index is 12.9. The van der Waals surface area contributed by atoms with Gasteiger partial charge in [0.15, 0.2) is 0 Å². The van der Waals surface area contributed by atoms with Crippen LogP contribution >= 0.6 is 0 Å². The summed E-state index contributed by atoms with van der Waals surface area (Å²) in [6, 6.07) is 5.13. The van der Waals surface area contributed by atoms with Gasteiger partial charge in [0.05, 0.1) is 4.90 Å². The topological polar surface area (TPSA) is 76.3 Å². The van der Waals surface area contributed by atoms with Gasteiger partial charge >= 0.3 is 0 Å². The van der Waals surface area contributed by atoms with E-state index >= 15 is 0 Å². The zero-order chi connectivity index (χ0) is 15.0. The van der Waals surface area contributed by atoms with Crippen molar-refractivity contribution in [2.75, 3.05) is 13.1 Å². The lowest BCUT2D eigenvalue weighted by Crippen LogP contribution is -2.32. The van der Waals surface area contributed by atoms with E-state index < -0.39 is 10.0 Å². The molecule has 0 radical (unpaired) electrons. The summed E-state index contributed by atoms with van der Waals surface area (Å²) in [4.78, 5) is 4.41. The number of hydrogen-bond acceptors (Lipinski definition) is 4. The number of fused-ring (bicyclic) bond motifs is 1. The number of hydrogen-bond donors (Lipinski definition) is 1. The average Bonchev–Trinajstić information content (AvgIpc) is 2.93. The Morgan fingerprint density at radius 3 is 2.86 bits per heavy atom. The van der Waals surface area contributed by atoms with E-state index in [4.69, 9.17) is 5.73 Å². The molecule has 110 valence electrons. The number of nitrogens with zero attached hydrogens (tertiary/aromatic N) is 2. The van der Waals surface area contributed by atoms with E-state index in [1.807, 2.05) is 6.07 Å². The maximum Gasteiger partial charge on any atom is 0.243 e. The summed E-state index contributed by atoms with van der Waals surface area (Å²) < 4.78 is 27.2. The van der Waals surface area contributed by atoms with E-state index in [2.05, 4.69) is 11.6 Å². The van der Waals surface area contributed by atoms with Crippen molar-refractivity contribution >= 4 is 26.9 Å². The molecule has 5 nitrogen and oxygen atoms in total. The van der Waals surface area contributed by atoms with Crippen LogP contribution in [0.3, 0.4) is 0 Å². The second-order valence-corrected chi connectivity index (χ2v) is 7.11. The van der Waals surface area contributed by atoms with Crippen molar-refractivity contribution in [2.45, 2.75) is 17.4 Å². The smallest absolute Gasteiger partial charge is 0.243 e. The van der Waals surface area contributed by atoms with Crippen LogP contribution in [0, 0.1) is 0 Å². The summed E-state index contributed by atoms with van der Waals surface area (Å²) in [5.74, 6) is 0. The van der Waals surface area contributed by atoms with Crippen molar-refractivity contribution < 1.29 is 8.42 Å². The molecule has 0 spiro atoms. The first-order valence-corrected chi connectivity index (χ1v) is 8.23. The monoisotopic (exact) mass is 303 g/mol. The van der Waals surface area contributed by atoms with Crippen LogP contribution in [0.4, 0.5) is 0 Å². The minimum atomic E-state index is -3.55. The zero-order valence-corrected chi connectivity index (χ0v) is 12.4. The number of benzene rings is 1. The third-order valence-corrected chi connectivity index (χ3v) is 5.71. The lowest BCUT2D eigenvalue weighted by atomic mass is 10.1. The predicted molar refractivity (Wildman–Crippen MR) is 83.2 cm³/mol. The lowest BCUT2D eigenvalue weighted by Gasteiger charge is -2.18. The Morgan fingerprint density at radius 1 is 1.38 bits per heavy atom. The van der Waals surface area contributed by atoms with Crippen LogP contribution in [0.15, 0.2) is 42.1 Å². The van der Waals surface area contributed by atoms with Crippen LogP contribution in [-0.4, -0.2) is 36.8 Å². The molecule has 1 saturated heterocycles. The number of sulfonamides is 1. The van der Waals surface area contributed by atoms with Gasteiger partial charge in [0.1, 0.15) is 0 Å². The molecule has 1 atom stereocenters. The van der Waals surface area contributed by atoms with Crippen LogP contribution in [0.5, 0.6) is 0 Å². The molecule has 2 aromatic rings. The van der Waals surface area contributed by atoms with Crippen LogP contribution in [-0.2, 0) is 10.0 Å². The molecule has 1 aromatic heterocycles. The third kappa shape index (κ3) is 2.35. The fourth-order valence-corrected chi connectivity index (χ4v) is 4.46. The quantitative estimate of drug-likeness (QED) is 0.934. The Morgan fingerprint density at radius 2 is 2.19 bits per heavy atom. The van der Waals surface area contributed by atoms with E-state index in [1.165, 1.54) is 4.31 Å². The summed E-state index contributed by atoms with van der Waals surface area (Å²) >= 11 is 0. The molecule has 2 heterocycles. The van der Waals surface area contributed by atoms with E-state index in [0.717, 1.165) is 10.9 Å². The molecule has 1 aliphatic rings. The highest BCUT2D eigenvalue weighted by molar-refractivity contribution is 7.89. The molecular formula is C15H17N3O2S. The summed E-state index contributed by atoms with van der Waals surface area (Å²) in [5, 5.41) is 1.46. The largest absolute Gasteiger partial charge is 0.326 e. The standard InChI is InChI=1S/C15H17N3O2S/c1-2-11-8-17-9-12-4-3-5-14(15(11)12)21(19,20)18-7-6-13(16)10-18/h2-5,8-9,13H,1,6-7,10,16H2. The van der Waals surface area contributed by atoms with Crippen LogP contribution in [0.25, 0.3) is 16.8 Å². The van der Waals surface area contributed by atoms with Crippen LogP contribution < -0.4 is 5.73 Å². The second-order valence-electron chi connectivity index (χ2n) is 5.20. The van der Waals surface area contributed by atoms with Crippen LogP contribution in [0.2, 0.25) is 0 Å². The molecule has 1 aliphatic heterocycles. The first-order chi connectivity index (χ1) is 10.0. The number of aromatic nitrogens is 1. The van der Waals surface area contributed by atoms with Crippen molar-refractivity contribution in [3.63, 3.8) is 0 Å². The third-order valence-electron chi connectivity index (χ3n) is 3.80. The van der Waals surface area contributed by atoms with Gasteiger partial charge in [-0.1, -0.05) is 24.8 Å². The SMILES string of the molecule is C=Cc1cncc2cccc(S(=O)(=O)N3CCC(N)C3)c12. The van der Waals surface area contributed by atoms with Crippen molar-refractivity contribution in [1.29, 1.82) is 0 Å². The molecule has 1 unspecified atom stereocenters. The Kier molecular flexibility index (Phi) is 3.52. The maximum atomic E-state index is 12.9. The molecule has 1 fully saturated rings. The molecule has 21 heavy (non-hydrogen) atoms. The Bertz CT molecular complexity index is 796. The van der Waals surface area contributed by atoms with E-state index in [0.29, 0.717) is 29.8 Å². The minimum Gasteiger partial charge on any atom is -0.326 e. The van der Waals surface area contributed by atoms with Gasteiger partial charge < -0.3 is 5.73 Å². The van der Waals surface area contributed by atoms with Crippen molar-refractivity contribution in [3.05, 3.63) is 42.7 Å². The highest BCUT2D eigenvalue weighted by Gasteiger charge is 2.32. The van der Waals surface area contributed by atoms with Gasteiger partial charge in [-0.25, -0.2) is 8.42 Å². The summed E-state index contributed by atoms with van der Waals surface area (Å²) in [6.45, 7) is 4.58. The van der Waals surface area contributed by atoms with Gasteiger partial charge in [0.2, 0.25) is 10.0 Å². The zero-order valence-electron chi connectivity index (χ0n) is 11.6. The van der Waals surface area contributed by atoms with Gasteiger partial charge in [-0.15, -0.1) is 0 Å². The second kappa shape index (κ2) is 5.22. The molecule has 0 amide bonds. The molecule has 3 rings (SSSR count). The fraction of sp³-hybridized carbons (Fsp3) is 0.267. The van der Waals surface area contributed by atoms with Gasteiger partial charge in [-0.05, 0) is 12.5 Å². The molecule has 0 bridgehead atoms. The van der Waals surface area contributed by atoms with Gasteiger partial charge in [-0.2, -0.15) is 4.31 Å². The van der Waals surface area contributed by atoms with E-state index in [-0.39, 0.29) is 6.04 Å². The van der Waals surface area contributed by atoms with Gasteiger partial charge in [0, 0.05) is 47.9 Å². The number of pyridine rings is 1. The molecule has 2 N–H and O–H groups in total. The molecule has 6 heteroatoms. The van der Waals surface area contributed by atoms with Crippen molar-refractivity contribution in [2.24, 2.45) is 5.73 Å². The summed E-state index contributed by atoms with van der Waals surface area (Å²) in [6.07, 6.45) is 5.62. The summed E-state index contributed by atoms with van der Waals surface area (Å²) in [5.41, 5.74) is 6.55. The van der Waals surface area contributed by atoms with Crippen molar-refractivity contribution in [3.8, 4) is 0 Å². The molecule has 0 saturated carbocycles. The highest BCUT2D eigenvalue weighted by atomic mass is 32.2. The Labute approximate surface area is 124 Å². The minimum absolute atomic E-state index is 0.0877. The number of rotatable bonds is 3. The van der Waals surface area contributed by atoms with Gasteiger partial charge in [-0.3, -0.25) is 4.98 Å². The molecule has 0 aliphatic carbocycles. The van der Waals surface area contributed by atoms with Gasteiger partial charge in [0.25, 0.3) is 0 Å². The fourth-order valence-electron chi connectivity index (χ4n) is 2.71. The first-order valence-electron chi connectivity index (χ1n) is 6.79. The highest BCUT2D eigenvalue weighted by Crippen LogP contribution is 2.30. The van der Waals surface area contributed by atoms with E-state index in [1.54, 1.807) is 30.6 Å². The Hall–Kier alpha value is -1.76. The average molecular weight is 303 g/mol.